The van der Waals surface area contributed by atoms with Crippen LogP contribution in [0.3, 0.4) is 0 Å². The Morgan fingerprint density at radius 1 is 0.833 bits per heavy atom. The highest BCUT2D eigenvalue weighted by Crippen LogP contribution is 2.41. The van der Waals surface area contributed by atoms with Gasteiger partial charge in [-0.25, -0.2) is 0 Å². The molecule has 0 saturated heterocycles. The normalized spacial score (nSPS) is 14.3. The van der Waals surface area contributed by atoms with Gasteiger partial charge in [-0.3, -0.25) is 0 Å². The monoisotopic (exact) mass is 354 g/mol. The van der Waals surface area contributed by atoms with Crippen molar-refractivity contribution in [2.45, 2.75) is 19.0 Å². The van der Waals surface area contributed by atoms with Gasteiger partial charge in [-0.1, -0.05) is 77.8 Å². The highest BCUT2D eigenvalue weighted by atomic mass is 35.5. The summed E-state index contributed by atoms with van der Waals surface area (Å²) in [5.74, 6) is 0. The van der Waals surface area contributed by atoms with E-state index in [2.05, 4.69) is 60.8 Å². The Bertz CT molecular complexity index is 858. The third-order valence-corrected chi connectivity index (χ3v) is 5.38. The van der Waals surface area contributed by atoms with Gasteiger partial charge in [0.1, 0.15) is 12.1 Å². The number of halogens is 2. The first-order chi connectivity index (χ1) is 11.6. The van der Waals surface area contributed by atoms with Crippen LogP contribution in [0.2, 0.25) is 10.0 Å². The molecule has 1 atom stereocenters. The van der Waals surface area contributed by atoms with Crippen LogP contribution in [-0.2, 0) is 0 Å². The third-order valence-electron chi connectivity index (χ3n) is 4.82. The first-order valence-corrected chi connectivity index (χ1v) is 8.89. The van der Waals surface area contributed by atoms with Crippen LogP contribution in [0.4, 0.5) is 0 Å². The van der Waals surface area contributed by atoms with Crippen LogP contribution in [0.15, 0.2) is 66.7 Å². The van der Waals surface area contributed by atoms with E-state index in [1.165, 1.54) is 22.3 Å². The van der Waals surface area contributed by atoms with Gasteiger partial charge in [0, 0.05) is 21.7 Å². The number of hydrogen-bond donors (Lipinski definition) is 1. The molecule has 1 aliphatic rings. The Balaban J connectivity index is 1.72. The quantitative estimate of drug-likeness (QED) is 0.649. The van der Waals surface area contributed by atoms with Crippen LogP contribution in [0.25, 0.3) is 11.1 Å². The van der Waals surface area contributed by atoms with E-state index < -0.39 is 0 Å². The van der Waals surface area contributed by atoms with Gasteiger partial charge in [-0.2, -0.15) is 0 Å². The molecule has 2 N–H and O–H groups in total. The second-order valence-electron chi connectivity index (χ2n) is 6.30. The van der Waals surface area contributed by atoms with Crippen molar-refractivity contribution in [1.82, 2.24) is 0 Å². The van der Waals surface area contributed by atoms with Crippen molar-refractivity contribution in [3.8, 4) is 11.1 Å². The van der Waals surface area contributed by atoms with Gasteiger partial charge in [0.15, 0.2) is 0 Å². The number of nitrogens with two attached hydrogens (primary N) is 1. The van der Waals surface area contributed by atoms with Crippen LogP contribution in [0, 0.1) is 0 Å². The summed E-state index contributed by atoms with van der Waals surface area (Å²) >= 11 is 12.4. The van der Waals surface area contributed by atoms with Crippen LogP contribution < -0.4 is 5.32 Å². The molecule has 3 aromatic carbocycles. The van der Waals surface area contributed by atoms with Gasteiger partial charge in [0.2, 0.25) is 0 Å². The van der Waals surface area contributed by atoms with Crippen molar-refractivity contribution in [1.29, 1.82) is 0 Å². The van der Waals surface area contributed by atoms with E-state index >= 15 is 0 Å². The molecule has 0 aliphatic heterocycles. The molecule has 120 valence electrons. The molecule has 0 heterocycles. The number of hydrogen-bond acceptors (Lipinski definition) is 0. The smallest absolute Gasteiger partial charge is 0.139 e. The summed E-state index contributed by atoms with van der Waals surface area (Å²) < 4.78 is 0. The van der Waals surface area contributed by atoms with Gasteiger partial charge < -0.3 is 5.32 Å². The predicted octanol–water partition coefficient (Wildman–Crippen LogP) is 5.39. The zero-order valence-corrected chi connectivity index (χ0v) is 14.9. The Kier molecular flexibility index (Phi) is 4.09. The first kappa shape index (κ1) is 15.7. The Morgan fingerprint density at radius 3 is 2.00 bits per heavy atom. The van der Waals surface area contributed by atoms with E-state index in [0.717, 1.165) is 10.6 Å². The van der Waals surface area contributed by atoms with Gasteiger partial charge in [0.25, 0.3) is 0 Å². The van der Waals surface area contributed by atoms with Crippen molar-refractivity contribution >= 4 is 23.2 Å². The molecule has 4 rings (SSSR count). The maximum Gasteiger partial charge on any atom is 0.139 e. The lowest BCUT2D eigenvalue weighted by molar-refractivity contribution is -0.722. The minimum absolute atomic E-state index is 0.235. The highest BCUT2D eigenvalue weighted by Gasteiger charge is 2.32. The van der Waals surface area contributed by atoms with Crippen LogP contribution in [0.5, 0.6) is 0 Å². The summed E-state index contributed by atoms with van der Waals surface area (Å²) in [5, 5.41) is 3.79. The van der Waals surface area contributed by atoms with Crippen LogP contribution in [0.1, 0.15) is 35.7 Å². The largest absolute Gasteiger partial charge is 0.330 e. The van der Waals surface area contributed by atoms with Crippen molar-refractivity contribution < 1.29 is 5.32 Å². The zero-order valence-electron chi connectivity index (χ0n) is 13.3. The Hall–Kier alpha value is -1.80. The lowest BCUT2D eigenvalue weighted by Crippen LogP contribution is -2.85. The Morgan fingerprint density at radius 2 is 1.42 bits per heavy atom. The molecule has 0 fully saturated rings. The molecule has 0 radical (unpaired) electrons. The van der Waals surface area contributed by atoms with Crippen molar-refractivity contribution in [3.05, 3.63) is 93.5 Å². The van der Waals surface area contributed by atoms with Gasteiger partial charge in [-0.15, -0.1) is 0 Å². The zero-order chi connectivity index (χ0) is 16.7. The summed E-state index contributed by atoms with van der Waals surface area (Å²) in [7, 11) is 0. The highest BCUT2D eigenvalue weighted by molar-refractivity contribution is 6.35. The van der Waals surface area contributed by atoms with Gasteiger partial charge in [-0.05, 0) is 30.2 Å². The molecular formula is C21H18Cl2N+. The van der Waals surface area contributed by atoms with E-state index in [-0.39, 0.29) is 6.04 Å². The maximum absolute atomic E-state index is 6.41. The van der Waals surface area contributed by atoms with Crippen molar-refractivity contribution in [3.63, 3.8) is 0 Å². The lowest BCUT2D eigenvalue weighted by Gasteiger charge is -2.19. The molecule has 0 bridgehead atoms. The Labute approximate surface area is 152 Å². The molecule has 3 aromatic rings. The molecule has 0 unspecified atom stereocenters. The number of rotatable bonds is 3. The second kappa shape index (κ2) is 6.25. The number of fused-ring (bicyclic) bond motifs is 3. The average molecular weight is 355 g/mol. The summed E-state index contributed by atoms with van der Waals surface area (Å²) in [4.78, 5) is 0. The lowest BCUT2D eigenvalue weighted by atomic mass is 10.0. The van der Waals surface area contributed by atoms with Crippen molar-refractivity contribution in [2.24, 2.45) is 0 Å². The second-order valence-corrected chi connectivity index (χ2v) is 7.14. The summed E-state index contributed by atoms with van der Waals surface area (Å²) in [6, 6.07) is 23.6. The van der Waals surface area contributed by atoms with E-state index in [1.54, 1.807) is 0 Å². The summed E-state index contributed by atoms with van der Waals surface area (Å²) in [6.07, 6.45) is 0. The third kappa shape index (κ3) is 2.63. The van der Waals surface area contributed by atoms with Gasteiger partial charge >= 0.3 is 0 Å². The fourth-order valence-electron chi connectivity index (χ4n) is 3.66. The molecule has 3 heteroatoms. The number of benzene rings is 3. The first-order valence-electron chi connectivity index (χ1n) is 8.13. The molecule has 24 heavy (non-hydrogen) atoms. The van der Waals surface area contributed by atoms with E-state index in [0.29, 0.717) is 11.1 Å². The van der Waals surface area contributed by atoms with E-state index in [1.807, 2.05) is 18.2 Å². The van der Waals surface area contributed by atoms with Crippen LogP contribution >= 0.6 is 23.2 Å². The minimum atomic E-state index is 0.235. The molecule has 0 spiro atoms. The molecule has 1 aliphatic carbocycles. The molecule has 0 amide bonds. The average Bonchev–Trinajstić information content (AvgIpc) is 2.89. The van der Waals surface area contributed by atoms with Gasteiger partial charge in [0.05, 0.1) is 5.02 Å². The molecule has 0 saturated carbocycles. The van der Waals surface area contributed by atoms with Crippen molar-refractivity contribution in [2.75, 3.05) is 0 Å². The fraction of sp³-hybridized carbons (Fsp3) is 0.143. The minimum Gasteiger partial charge on any atom is -0.330 e. The summed E-state index contributed by atoms with van der Waals surface area (Å²) in [5.41, 5.74) is 6.53. The molecule has 0 aromatic heterocycles. The molecule has 1 nitrogen and oxygen atoms in total. The van der Waals surface area contributed by atoms with Crippen LogP contribution in [-0.4, -0.2) is 0 Å². The number of quaternary nitrogens is 1. The topological polar surface area (TPSA) is 16.6 Å². The molecular weight excluding hydrogens is 337 g/mol. The van der Waals surface area contributed by atoms with E-state index in [9.17, 15) is 0 Å². The fourth-order valence-corrected chi connectivity index (χ4v) is 4.25. The summed E-state index contributed by atoms with van der Waals surface area (Å²) in [6.45, 7) is 2.19. The predicted molar refractivity (Wildman–Crippen MR) is 101 cm³/mol. The SMILES string of the molecule is C[C@@H]([NH2+]C1c2ccccc2-c2ccccc21)c1ccc(Cl)cc1Cl. The maximum atomic E-state index is 6.41. The standard InChI is InChI=1S/C21H17Cl2N/c1-13(15-11-10-14(22)12-20(15)23)24-21-18-8-4-2-6-16(18)17-7-3-5-9-19(17)21/h2-13,21,24H,1H3/p+1/t13-/m1/s1. The van der Waals surface area contributed by atoms with E-state index in [4.69, 9.17) is 23.2 Å².